The molecule has 134 valence electrons. The molecule has 0 aromatic heterocycles. The van der Waals surface area contributed by atoms with E-state index in [0.717, 1.165) is 4.31 Å². The van der Waals surface area contributed by atoms with E-state index in [1.54, 1.807) is 6.92 Å². The Morgan fingerprint density at radius 1 is 1.24 bits per heavy atom. The number of halogens is 1. The summed E-state index contributed by atoms with van der Waals surface area (Å²) in [5, 5.41) is 11.5. The van der Waals surface area contributed by atoms with Gasteiger partial charge in [0.05, 0.1) is 11.5 Å². The number of hydrogen-bond donors (Lipinski definition) is 2. The number of anilines is 1. The van der Waals surface area contributed by atoms with Crippen molar-refractivity contribution in [1.29, 1.82) is 0 Å². The molecule has 0 aliphatic carbocycles. The molecule has 0 spiro atoms. The van der Waals surface area contributed by atoms with Crippen LogP contribution in [0.5, 0.6) is 0 Å². The van der Waals surface area contributed by atoms with Crippen molar-refractivity contribution in [2.75, 3.05) is 25.5 Å². The second-order valence-electron chi connectivity index (χ2n) is 5.50. The first-order valence-corrected chi connectivity index (χ1v) is 8.94. The lowest BCUT2D eigenvalue weighted by molar-refractivity contribution is 0.102. The first-order valence-electron chi connectivity index (χ1n) is 7.50. The number of nitrogens with one attached hydrogen (secondary N) is 1. The second kappa shape index (κ2) is 7.73. The molecule has 0 atom stereocenters. The van der Waals surface area contributed by atoms with Crippen LogP contribution < -0.4 is 5.32 Å². The largest absolute Gasteiger partial charge is 0.395 e. The molecular weight excluding hydrogens is 347 g/mol. The predicted molar refractivity (Wildman–Crippen MR) is 92.4 cm³/mol. The molecule has 0 saturated heterocycles. The van der Waals surface area contributed by atoms with Crippen molar-refractivity contribution in [1.82, 2.24) is 4.31 Å². The van der Waals surface area contributed by atoms with Crippen LogP contribution in [0, 0.1) is 12.7 Å². The molecule has 6 nitrogen and oxygen atoms in total. The highest BCUT2D eigenvalue weighted by atomic mass is 32.2. The zero-order valence-corrected chi connectivity index (χ0v) is 14.7. The summed E-state index contributed by atoms with van der Waals surface area (Å²) in [6.45, 7) is 1.22. The lowest BCUT2D eigenvalue weighted by atomic mass is 10.2. The Bertz CT molecular complexity index is 884. The fourth-order valence-corrected chi connectivity index (χ4v) is 3.37. The van der Waals surface area contributed by atoms with Crippen molar-refractivity contribution in [3.63, 3.8) is 0 Å². The molecule has 2 rings (SSSR count). The van der Waals surface area contributed by atoms with E-state index < -0.39 is 15.9 Å². The van der Waals surface area contributed by atoms with Crippen LogP contribution in [-0.4, -0.2) is 43.9 Å². The topological polar surface area (TPSA) is 86.7 Å². The van der Waals surface area contributed by atoms with Crippen LogP contribution in [0.2, 0.25) is 0 Å². The van der Waals surface area contributed by atoms with Gasteiger partial charge in [0.15, 0.2) is 0 Å². The Morgan fingerprint density at radius 2 is 1.96 bits per heavy atom. The number of carbonyl (C=O) groups excluding carboxylic acids is 1. The molecule has 0 bridgehead atoms. The summed E-state index contributed by atoms with van der Waals surface area (Å²) in [7, 11) is -2.45. The molecule has 0 saturated carbocycles. The maximum atomic E-state index is 13.3. The van der Waals surface area contributed by atoms with E-state index >= 15 is 0 Å². The summed E-state index contributed by atoms with van der Waals surface area (Å²) in [6, 6.07) is 9.74. The molecule has 2 N–H and O–H groups in total. The number of sulfonamides is 1. The molecule has 0 fully saturated rings. The predicted octanol–water partition coefficient (Wildman–Crippen LogP) is 2.00. The summed E-state index contributed by atoms with van der Waals surface area (Å²) in [5.74, 6) is -0.883. The van der Waals surface area contributed by atoms with E-state index in [4.69, 9.17) is 5.11 Å². The van der Waals surface area contributed by atoms with E-state index in [0.29, 0.717) is 11.3 Å². The number of benzene rings is 2. The Hall–Kier alpha value is -2.29. The van der Waals surface area contributed by atoms with E-state index in [-0.39, 0.29) is 29.4 Å². The smallest absolute Gasteiger partial charge is 0.255 e. The third-order valence-corrected chi connectivity index (χ3v) is 5.49. The zero-order valence-electron chi connectivity index (χ0n) is 13.9. The van der Waals surface area contributed by atoms with Gasteiger partial charge in [0.25, 0.3) is 5.91 Å². The summed E-state index contributed by atoms with van der Waals surface area (Å²) < 4.78 is 39.0. The number of aliphatic hydroxyl groups excluding tert-OH is 1. The van der Waals surface area contributed by atoms with Crippen LogP contribution in [0.4, 0.5) is 10.1 Å². The normalized spacial score (nSPS) is 11.6. The average molecular weight is 366 g/mol. The lowest BCUT2D eigenvalue weighted by Gasteiger charge is -2.16. The fourth-order valence-electron chi connectivity index (χ4n) is 2.16. The molecule has 2 aromatic rings. The number of aliphatic hydroxyl groups is 1. The van der Waals surface area contributed by atoms with Crippen LogP contribution in [0.1, 0.15) is 15.9 Å². The van der Waals surface area contributed by atoms with Gasteiger partial charge in [0, 0.05) is 24.8 Å². The van der Waals surface area contributed by atoms with Crippen LogP contribution in [0.25, 0.3) is 0 Å². The summed E-state index contributed by atoms with van der Waals surface area (Å²) >= 11 is 0. The molecule has 25 heavy (non-hydrogen) atoms. The maximum absolute atomic E-state index is 13.3. The van der Waals surface area contributed by atoms with E-state index in [2.05, 4.69) is 5.32 Å². The van der Waals surface area contributed by atoms with Gasteiger partial charge in [-0.05, 0) is 48.9 Å². The third kappa shape index (κ3) is 4.41. The Balaban J connectivity index is 2.25. The van der Waals surface area contributed by atoms with Crippen LogP contribution in [-0.2, 0) is 10.0 Å². The molecule has 2 aromatic carbocycles. The highest BCUT2D eigenvalue weighted by Crippen LogP contribution is 2.18. The van der Waals surface area contributed by atoms with E-state index in [9.17, 15) is 17.6 Å². The van der Waals surface area contributed by atoms with Gasteiger partial charge in [-0.2, -0.15) is 4.31 Å². The minimum atomic E-state index is -3.80. The minimum Gasteiger partial charge on any atom is -0.395 e. The number of nitrogens with zero attached hydrogens (tertiary/aromatic N) is 1. The van der Waals surface area contributed by atoms with Crippen molar-refractivity contribution < 1.29 is 22.7 Å². The van der Waals surface area contributed by atoms with Crippen molar-refractivity contribution in [2.45, 2.75) is 11.8 Å². The molecule has 0 aliphatic rings. The number of rotatable bonds is 6. The third-order valence-electron chi connectivity index (χ3n) is 3.64. The minimum absolute atomic E-state index is 0.0480. The highest BCUT2D eigenvalue weighted by molar-refractivity contribution is 7.89. The Labute approximate surface area is 146 Å². The van der Waals surface area contributed by atoms with Gasteiger partial charge in [0.1, 0.15) is 5.82 Å². The first kappa shape index (κ1) is 19.0. The zero-order chi connectivity index (χ0) is 18.6. The van der Waals surface area contributed by atoms with Gasteiger partial charge in [-0.15, -0.1) is 0 Å². The molecule has 0 unspecified atom stereocenters. The maximum Gasteiger partial charge on any atom is 0.255 e. The standard InChI is InChI=1S/C17H19FN2O4S/c1-12-10-14(6-7-16(12)18)19-17(22)13-4-3-5-15(11-13)25(23,24)20(2)8-9-21/h3-7,10-11,21H,8-9H2,1-2H3,(H,19,22). The number of carbonyl (C=O) groups is 1. The van der Waals surface area contributed by atoms with Gasteiger partial charge in [-0.1, -0.05) is 6.07 Å². The highest BCUT2D eigenvalue weighted by Gasteiger charge is 2.21. The lowest BCUT2D eigenvalue weighted by Crippen LogP contribution is -2.29. The van der Waals surface area contributed by atoms with Crippen molar-refractivity contribution in [3.8, 4) is 0 Å². The van der Waals surface area contributed by atoms with Crippen molar-refractivity contribution in [3.05, 3.63) is 59.4 Å². The fraction of sp³-hybridized carbons (Fsp3) is 0.235. The van der Waals surface area contributed by atoms with Gasteiger partial charge in [-0.3, -0.25) is 4.79 Å². The molecule has 1 amide bonds. The number of hydrogen-bond acceptors (Lipinski definition) is 4. The van der Waals surface area contributed by atoms with Gasteiger partial charge < -0.3 is 10.4 Å². The Morgan fingerprint density at radius 3 is 2.60 bits per heavy atom. The van der Waals surface area contributed by atoms with Crippen LogP contribution >= 0.6 is 0 Å². The summed E-state index contributed by atoms with van der Waals surface area (Å²) in [6.07, 6.45) is 0. The average Bonchev–Trinajstić information content (AvgIpc) is 2.58. The summed E-state index contributed by atoms with van der Waals surface area (Å²) in [4.78, 5) is 12.3. The van der Waals surface area contributed by atoms with Crippen molar-refractivity contribution in [2.24, 2.45) is 0 Å². The van der Waals surface area contributed by atoms with Gasteiger partial charge in [-0.25, -0.2) is 12.8 Å². The van der Waals surface area contributed by atoms with Crippen molar-refractivity contribution >= 4 is 21.6 Å². The number of aryl methyl sites for hydroxylation is 1. The van der Waals surface area contributed by atoms with Gasteiger partial charge >= 0.3 is 0 Å². The molecular formula is C17H19FN2O4S. The van der Waals surface area contributed by atoms with Gasteiger partial charge in [0.2, 0.25) is 10.0 Å². The van der Waals surface area contributed by atoms with E-state index in [1.165, 1.54) is 49.5 Å². The SMILES string of the molecule is Cc1cc(NC(=O)c2cccc(S(=O)(=O)N(C)CCO)c2)ccc1F. The summed E-state index contributed by atoms with van der Waals surface area (Å²) in [5.41, 5.74) is 0.953. The Kier molecular flexibility index (Phi) is 5.89. The second-order valence-corrected chi connectivity index (χ2v) is 7.54. The molecule has 0 aliphatic heterocycles. The van der Waals surface area contributed by atoms with Crippen LogP contribution in [0.3, 0.4) is 0 Å². The molecule has 0 radical (unpaired) electrons. The quantitative estimate of drug-likeness (QED) is 0.819. The molecule has 0 heterocycles. The first-order chi connectivity index (χ1) is 11.8. The van der Waals surface area contributed by atoms with Crippen LogP contribution in [0.15, 0.2) is 47.4 Å². The number of amides is 1. The molecule has 8 heteroatoms. The van der Waals surface area contributed by atoms with E-state index in [1.807, 2.05) is 0 Å². The monoisotopic (exact) mass is 366 g/mol. The number of likely N-dealkylation sites (N-methyl/N-ethyl adjacent to an activating group) is 1.